The largest absolute Gasteiger partial charge is 0.493 e. The summed E-state index contributed by atoms with van der Waals surface area (Å²) in [5, 5.41) is 11.5. The molecule has 0 aliphatic rings. The number of hydrogen-bond acceptors (Lipinski definition) is 7. The molecule has 1 heterocycles. The highest BCUT2D eigenvalue weighted by Gasteiger charge is 2.11. The van der Waals surface area contributed by atoms with Crippen LogP contribution < -0.4 is 14.2 Å². The van der Waals surface area contributed by atoms with Crippen molar-refractivity contribution in [3.05, 3.63) is 52.8 Å². The van der Waals surface area contributed by atoms with E-state index < -0.39 is 5.97 Å². The van der Waals surface area contributed by atoms with Crippen molar-refractivity contribution in [2.24, 2.45) is 5.10 Å². The Bertz CT molecular complexity index is 1130. The van der Waals surface area contributed by atoms with E-state index in [0.717, 1.165) is 16.9 Å². The minimum Gasteiger partial charge on any atom is -0.493 e. The van der Waals surface area contributed by atoms with Gasteiger partial charge >= 0.3 is 5.97 Å². The maximum atomic E-state index is 11.2. The van der Waals surface area contributed by atoms with Crippen molar-refractivity contribution in [3.8, 4) is 28.6 Å². The molecule has 0 bridgehead atoms. The van der Waals surface area contributed by atoms with Gasteiger partial charge in [-0.2, -0.15) is 14.9 Å². The zero-order valence-corrected chi connectivity index (χ0v) is 17.9. The Morgan fingerprint density at radius 2 is 2.03 bits per heavy atom. The highest BCUT2D eigenvalue weighted by Crippen LogP contribution is 2.28. The predicted molar refractivity (Wildman–Crippen MR) is 116 cm³/mol. The van der Waals surface area contributed by atoms with E-state index in [1.54, 1.807) is 24.4 Å². The maximum absolute atomic E-state index is 11.2. The van der Waals surface area contributed by atoms with Gasteiger partial charge in [0.2, 0.25) is 4.77 Å². The Hall–Kier alpha value is -3.46. The number of H-pyrrole nitrogens is 1. The number of benzene rings is 2. The van der Waals surface area contributed by atoms with Crippen LogP contribution >= 0.6 is 12.2 Å². The second kappa shape index (κ2) is 9.36. The summed E-state index contributed by atoms with van der Waals surface area (Å²) in [6, 6.07) is 12.7. The SMILES string of the molecule is COc1cc(/C=N/n2c(-c3cccc(OC(C)C)c3)n[nH]c2=S)ccc1OC(C)=O. The first-order chi connectivity index (χ1) is 14.4. The summed E-state index contributed by atoms with van der Waals surface area (Å²) in [6.07, 6.45) is 1.67. The van der Waals surface area contributed by atoms with E-state index in [2.05, 4.69) is 15.3 Å². The Labute approximate surface area is 179 Å². The van der Waals surface area contributed by atoms with E-state index in [1.165, 1.54) is 18.7 Å². The monoisotopic (exact) mass is 426 g/mol. The Morgan fingerprint density at radius 1 is 1.23 bits per heavy atom. The predicted octanol–water partition coefficient (Wildman–Crippen LogP) is 4.21. The average Bonchev–Trinajstić information content (AvgIpc) is 3.07. The number of aromatic nitrogens is 3. The van der Waals surface area contributed by atoms with Crippen molar-refractivity contribution >= 4 is 24.4 Å². The standard InChI is InChI=1S/C21H22N4O4S/c1-13(2)28-17-7-5-6-16(11-17)20-23-24-21(30)25(20)22-12-15-8-9-18(29-14(3)26)19(10-15)27-4/h5-13H,1-4H3,(H,24,30)/b22-12+. The van der Waals surface area contributed by atoms with E-state index in [9.17, 15) is 4.79 Å². The van der Waals surface area contributed by atoms with E-state index in [4.69, 9.17) is 26.4 Å². The molecule has 0 atom stereocenters. The highest BCUT2D eigenvalue weighted by atomic mass is 32.1. The molecule has 0 fully saturated rings. The fraction of sp³-hybridized carbons (Fsp3) is 0.238. The number of carbonyl (C=O) groups is 1. The molecule has 0 spiro atoms. The quantitative estimate of drug-likeness (QED) is 0.263. The van der Waals surface area contributed by atoms with Crippen molar-refractivity contribution in [3.63, 3.8) is 0 Å². The average molecular weight is 426 g/mol. The molecule has 0 saturated heterocycles. The topological polar surface area (TPSA) is 90.7 Å². The highest BCUT2D eigenvalue weighted by molar-refractivity contribution is 7.71. The minimum atomic E-state index is -0.423. The summed E-state index contributed by atoms with van der Waals surface area (Å²) in [5.74, 6) is 1.62. The number of ether oxygens (including phenoxy) is 3. The number of rotatable bonds is 7. The van der Waals surface area contributed by atoms with Crippen molar-refractivity contribution in [2.75, 3.05) is 7.11 Å². The van der Waals surface area contributed by atoms with E-state index in [1.807, 2.05) is 38.1 Å². The zero-order chi connectivity index (χ0) is 21.7. The molecule has 3 aromatic rings. The zero-order valence-electron chi connectivity index (χ0n) is 17.1. The summed E-state index contributed by atoms with van der Waals surface area (Å²) in [5.41, 5.74) is 1.54. The fourth-order valence-corrected chi connectivity index (χ4v) is 2.87. The van der Waals surface area contributed by atoms with Crippen molar-refractivity contribution in [1.29, 1.82) is 0 Å². The molecule has 0 radical (unpaired) electrons. The van der Waals surface area contributed by atoms with Gasteiger partial charge in [-0.25, -0.2) is 5.10 Å². The molecule has 0 unspecified atom stereocenters. The number of carbonyl (C=O) groups excluding carboxylic acids is 1. The van der Waals surface area contributed by atoms with Crippen LogP contribution in [0.4, 0.5) is 0 Å². The van der Waals surface area contributed by atoms with Gasteiger partial charge in [-0.1, -0.05) is 12.1 Å². The number of nitrogens with one attached hydrogen (secondary N) is 1. The molecule has 0 amide bonds. The van der Waals surface area contributed by atoms with Crippen molar-refractivity contribution in [2.45, 2.75) is 26.9 Å². The van der Waals surface area contributed by atoms with Crippen LogP contribution in [0.3, 0.4) is 0 Å². The van der Waals surface area contributed by atoms with Gasteiger partial charge in [0, 0.05) is 12.5 Å². The lowest BCUT2D eigenvalue weighted by molar-refractivity contribution is -0.132. The van der Waals surface area contributed by atoms with Crippen molar-refractivity contribution < 1.29 is 19.0 Å². The molecule has 3 rings (SSSR count). The summed E-state index contributed by atoms with van der Waals surface area (Å²) >= 11 is 5.33. The third kappa shape index (κ3) is 5.12. The molecule has 0 aliphatic carbocycles. The van der Waals surface area contributed by atoms with Gasteiger partial charge < -0.3 is 14.2 Å². The Kier molecular flexibility index (Phi) is 6.63. The smallest absolute Gasteiger partial charge is 0.308 e. The summed E-state index contributed by atoms with van der Waals surface area (Å²) in [7, 11) is 1.50. The lowest BCUT2D eigenvalue weighted by Crippen LogP contribution is -2.05. The molecular weight excluding hydrogens is 404 g/mol. The number of methoxy groups -OCH3 is 1. The van der Waals surface area contributed by atoms with Gasteiger partial charge in [-0.05, 0) is 62.0 Å². The van der Waals surface area contributed by atoms with Crippen LogP contribution in [0.25, 0.3) is 11.4 Å². The summed E-state index contributed by atoms with van der Waals surface area (Å²) in [6.45, 7) is 5.26. The van der Waals surface area contributed by atoms with Crippen LogP contribution in [0.15, 0.2) is 47.6 Å². The van der Waals surface area contributed by atoms with Crippen LogP contribution in [0.2, 0.25) is 0 Å². The van der Waals surface area contributed by atoms with Crippen LogP contribution in [0.1, 0.15) is 26.3 Å². The van der Waals surface area contributed by atoms with E-state index in [0.29, 0.717) is 22.1 Å². The number of esters is 1. The molecule has 0 saturated carbocycles. The van der Waals surface area contributed by atoms with Crippen LogP contribution in [0, 0.1) is 4.77 Å². The van der Waals surface area contributed by atoms with E-state index >= 15 is 0 Å². The summed E-state index contributed by atoms with van der Waals surface area (Å²) < 4.78 is 18.0. The molecule has 9 heteroatoms. The van der Waals surface area contributed by atoms with Gasteiger partial charge in [0.25, 0.3) is 0 Å². The van der Waals surface area contributed by atoms with Crippen LogP contribution in [-0.2, 0) is 4.79 Å². The van der Waals surface area contributed by atoms with Crippen LogP contribution in [-0.4, -0.2) is 40.3 Å². The van der Waals surface area contributed by atoms with Gasteiger partial charge in [0.05, 0.1) is 19.4 Å². The molecule has 1 aromatic heterocycles. The molecule has 156 valence electrons. The minimum absolute atomic E-state index is 0.0593. The molecule has 0 aliphatic heterocycles. The summed E-state index contributed by atoms with van der Waals surface area (Å²) in [4.78, 5) is 11.2. The first-order valence-electron chi connectivity index (χ1n) is 9.22. The fourth-order valence-electron chi connectivity index (χ4n) is 2.69. The Morgan fingerprint density at radius 3 is 2.73 bits per heavy atom. The number of hydrogen-bond donors (Lipinski definition) is 1. The van der Waals surface area contributed by atoms with Gasteiger partial charge in [-0.3, -0.25) is 4.79 Å². The Balaban J connectivity index is 1.92. The first kappa shape index (κ1) is 21.3. The lowest BCUT2D eigenvalue weighted by atomic mass is 10.2. The van der Waals surface area contributed by atoms with Crippen molar-refractivity contribution in [1.82, 2.24) is 14.9 Å². The third-order valence-corrected chi connectivity index (χ3v) is 4.14. The van der Waals surface area contributed by atoms with Gasteiger partial charge in [0.15, 0.2) is 17.3 Å². The van der Waals surface area contributed by atoms with E-state index in [-0.39, 0.29) is 6.10 Å². The molecule has 1 N–H and O–H groups in total. The molecule has 8 nitrogen and oxygen atoms in total. The van der Waals surface area contributed by atoms with Crippen LogP contribution in [0.5, 0.6) is 17.2 Å². The third-order valence-electron chi connectivity index (χ3n) is 3.88. The van der Waals surface area contributed by atoms with Gasteiger partial charge in [-0.15, -0.1) is 0 Å². The number of aromatic amines is 1. The molecular formula is C21H22N4O4S. The van der Waals surface area contributed by atoms with Gasteiger partial charge in [0.1, 0.15) is 5.75 Å². The normalized spacial score (nSPS) is 11.1. The second-order valence-electron chi connectivity index (χ2n) is 6.61. The second-order valence-corrected chi connectivity index (χ2v) is 6.99. The maximum Gasteiger partial charge on any atom is 0.308 e. The lowest BCUT2D eigenvalue weighted by Gasteiger charge is -2.10. The first-order valence-corrected chi connectivity index (χ1v) is 9.63. The molecule has 30 heavy (non-hydrogen) atoms. The number of nitrogens with zero attached hydrogens (tertiary/aromatic N) is 3. The molecule has 2 aromatic carbocycles.